The van der Waals surface area contributed by atoms with E-state index in [0.717, 1.165) is 5.69 Å². The van der Waals surface area contributed by atoms with Gasteiger partial charge in [0, 0.05) is 32.9 Å². The Morgan fingerprint density at radius 2 is 0.636 bits per heavy atom. The molecule has 2 nitrogen and oxygen atoms in total. The smallest absolute Gasteiger partial charge is 0.139 e. The maximum absolute atomic E-state index is 2.41. The topological polar surface area (TPSA) is 9.86 Å². The van der Waals surface area contributed by atoms with E-state index in [4.69, 9.17) is 0 Å². The Labute approximate surface area is 326 Å². The molecule has 2 aromatic heterocycles. The lowest BCUT2D eigenvalue weighted by molar-refractivity contribution is 1.18. The Morgan fingerprint density at radius 1 is 0.273 bits per heavy atom. The standard InChI is InChI=1S/C48H37B5N2/c49-44-43(45(50)47(52)48(53)46(44)51)30-16-14-28(15-17-30)29-18-22-34(23-19-29)55-40-13-7-5-11-36(40)38-27-32(21-25-42(38)55)31-20-24-41-37(26-31)35-10-4-6-12-39(35)54(41)33-8-2-1-3-9-33/h1-27H,49-53H2. The third-order valence-corrected chi connectivity index (χ3v) is 12.3. The van der Waals surface area contributed by atoms with E-state index in [0.29, 0.717) is 0 Å². The van der Waals surface area contributed by atoms with Crippen LogP contribution in [0.2, 0.25) is 0 Å². The predicted octanol–water partition coefficient (Wildman–Crippen LogP) is 4.17. The summed E-state index contributed by atoms with van der Waals surface area (Å²) in [7, 11) is 11.3. The number of para-hydroxylation sites is 3. The van der Waals surface area contributed by atoms with Gasteiger partial charge in [0.05, 0.1) is 22.1 Å². The van der Waals surface area contributed by atoms with E-state index < -0.39 is 0 Å². The molecule has 2 heterocycles. The molecule has 0 atom stereocenters. The average Bonchev–Trinajstić information content (AvgIpc) is 3.75. The molecule has 0 bridgehead atoms. The first-order chi connectivity index (χ1) is 26.9. The Morgan fingerprint density at radius 3 is 1.15 bits per heavy atom. The number of hydrogen-bond donors (Lipinski definition) is 0. The Kier molecular flexibility index (Phi) is 7.82. The molecule has 0 saturated carbocycles. The second-order valence-corrected chi connectivity index (χ2v) is 15.1. The van der Waals surface area contributed by atoms with Gasteiger partial charge in [0.15, 0.2) is 0 Å². The summed E-state index contributed by atoms with van der Waals surface area (Å²) >= 11 is 0. The molecular weight excluding hydrogens is 659 g/mol. The number of hydrogen-bond acceptors (Lipinski definition) is 0. The molecule has 0 aliphatic heterocycles. The number of benzene rings is 8. The molecule has 0 unspecified atom stereocenters. The first-order valence-electron chi connectivity index (χ1n) is 19.3. The molecule has 0 aliphatic rings. The van der Waals surface area contributed by atoms with Gasteiger partial charge in [-0.15, -0.1) is 16.4 Å². The number of rotatable bonds is 5. The van der Waals surface area contributed by atoms with Crippen LogP contribution < -0.4 is 27.3 Å². The van der Waals surface area contributed by atoms with Crippen LogP contribution in [0, 0.1) is 0 Å². The van der Waals surface area contributed by atoms with Gasteiger partial charge in [-0.3, -0.25) is 0 Å². The van der Waals surface area contributed by atoms with Crippen LogP contribution in [0.5, 0.6) is 0 Å². The van der Waals surface area contributed by atoms with Crippen LogP contribution >= 0.6 is 0 Å². The molecule has 0 N–H and O–H groups in total. The highest BCUT2D eigenvalue weighted by Gasteiger charge is 2.17. The van der Waals surface area contributed by atoms with E-state index in [1.807, 2.05) is 0 Å². The minimum atomic E-state index is 1.16. The minimum Gasteiger partial charge on any atom is -0.309 e. The van der Waals surface area contributed by atoms with Crippen molar-refractivity contribution >= 4 is 110 Å². The van der Waals surface area contributed by atoms with Crippen LogP contribution in [-0.2, 0) is 0 Å². The van der Waals surface area contributed by atoms with Crippen molar-refractivity contribution < 1.29 is 0 Å². The van der Waals surface area contributed by atoms with Crippen molar-refractivity contribution in [3.05, 3.63) is 164 Å². The van der Waals surface area contributed by atoms with Crippen LogP contribution in [0.3, 0.4) is 0 Å². The Bertz CT molecular complexity index is 3100. The summed E-state index contributed by atoms with van der Waals surface area (Å²) in [6.45, 7) is 0. The summed E-state index contributed by atoms with van der Waals surface area (Å²) in [6, 6.07) is 60.2. The molecule has 254 valence electrons. The van der Waals surface area contributed by atoms with Crippen molar-refractivity contribution in [2.24, 2.45) is 0 Å². The molecule has 55 heavy (non-hydrogen) atoms. The summed E-state index contributed by atoms with van der Waals surface area (Å²) in [5.74, 6) is 0. The summed E-state index contributed by atoms with van der Waals surface area (Å²) < 4.78 is 4.78. The van der Waals surface area contributed by atoms with Crippen molar-refractivity contribution in [1.29, 1.82) is 0 Å². The fraction of sp³-hybridized carbons (Fsp3) is 0. The lowest BCUT2D eigenvalue weighted by Crippen LogP contribution is -2.55. The Hall–Kier alpha value is -6.32. The quantitative estimate of drug-likeness (QED) is 0.240. The van der Waals surface area contributed by atoms with E-state index in [9.17, 15) is 0 Å². The molecule has 0 spiro atoms. The highest BCUT2D eigenvalue weighted by Crippen LogP contribution is 2.38. The third-order valence-electron chi connectivity index (χ3n) is 12.3. The molecule has 0 fully saturated rings. The number of aromatic nitrogens is 2. The van der Waals surface area contributed by atoms with Gasteiger partial charge in [-0.05, 0) is 94.0 Å². The van der Waals surface area contributed by atoms with Crippen molar-refractivity contribution in [3.8, 4) is 44.8 Å². The number of nitrogens with zero attached hydrogens (tertiary/aromatic N) is 2. The molecule has 7 heteroatoms. The maximum atomic E-state index is 2.41. The minimum absolute atomic E-state index is 1.16. The van der Waals surface area contributed by atoms with Gasteiger partial charge in [0.25, 0.3) is 0 Å². The summed E-state index contributed by atoms with van der Waals surface area (Å²) in [4.78, 5) is 0. The molecule has 8 aromatic carbocycles. The van der Waals surface area contributed by atoms with Gasteiger partial charge < -0.3 is 9.13 Å². The maximum Gasteiger partial charge on any atom is 0.139 e. The normalized spacial score (nSPS) is 11.6. The zero-order valence-electron chi connectivity index (χ0n) is 32.0. The molecule has 10 aromatic rings. The van der Waals surface area contributed by atoms with E-state index in [1.165, 1.54) is 110 Å². The monoisotopic (exact) mass is 696 g/mol. The second-order valence-electron chi connectivity index (χ2n) is 15.1. The number of fused-ring (bicyclic) bond motifs is 6. The predicted molar refractivity (Wildman–Crippen MR) is 252 cm³/mol. The molecule has 0 saturated heterocycles. The van der Waals surface area contributed by atoms with Gasteiger partial charge in [-0.25, -0.2) is 0 Å². The van der Waals surface area contributed by atoms with Crippen LogP contribution in [0.1, 0.15) is 0 Å². The Balaban J connectivity index is 1.02. The summed E-state index contributed by atoms with van der Waals surface area (Å²) in [5.41, 5.74) is 21.7. The van der Waals surface area contributed by atoms with E-state index >= 15 is 0 Å². The lowest BCUT2D eigenvalue weighted by atomic mass is 9.59. The molecule has 0 amide bonds. The zero-order chi connectivity index (χ0) is 37.4. The first kappa shape index (κ1) is 33.3. The SMILES string of the molecule is Bc1c(B)c(B)c(-c2ccc(-c3ccc(-n4c5ccccc5c5cc(-c6ccc7c(c6)c6ccccc6n7-c6ccccc6)ccc54)cc3)cc2)c(B)c1B. The molecular formula is C48H37B5N2. The van der Waals surface area contributed by atoms with E-state index in [2.05, 4.69) is 212 Å². The van der Waals surface area contributed by atoms with Crippen LogP contribution in [0.15, 0.2) is 164 Å². The molecule has 10 rings (SSSR count). The third kappa shape index (κ3) is 5.25. The van der Waals surface area contributed by atoms with Crippen LogP contribution in [0.25, 0.3) is 88.4 Å². The van der Waals surface area contributed by atoms with E-state index in [-0.39, 0.29) is 0 Å². The summed E-state index contributed by atoms with van der Waals surface area (Å²) in [5, 5.41) is 5.04. The zero-order valence-corrected chi connectivity index (χ0v) is 32.0. The highest BCUT2D eigenvalue weighted by molar-refractivity contribution is 6.68. The molecule has 0 radical (unpaired) electrons. The van der Waals surface area contributed by atoms with Crippen LogP contribution in [-0.4, -0.2) is 48.4 Å². The van der Waals surface area contributed by atoms with Crippen molar-refractivity contribution in [2.75, 3.05) is 0 Å². The van der Waals surface area contributed by atoms with E-state index in [1.54, 1.807) is 0 Å². The van der Waals surface area contributed by atoms with Gasteiger partial charge >= 0.3 is 0 Å². The van der Waals surface area contributed by atoms with Gasteiger partial charge in [0.1, 0.15) is 39.2 Å². The molecule has 0 aliphatic carbocycles. The fourth-order valence-corrected chi connectivity index (χ4v) is 9.00. The average molecular weight is 696 g/mol. The van der Waals surface area contributed by atoms with Gasteiger partial charge in [-0.2, -0.15) is 0 Å². The largest absolute Gasteiger partial charge is 0.309 e. The fourth-order valence-electron chi connectivity index (χ4n) is 9.00. The summed E-state index contributed by atoms with van der Waals surface area (Å²) in [6.07, 6.45) is 0. The van der Waals surface area contributed by atoms with Gasteiger partial charge in [-0.1, -0.05) is 114 Å². The highest BCUT2D eigenvalue weighted by atomic mass is 15.0. The van der Waals surface area contributed by atoms with Crippen LogP contribution in [0.4, 0.5) is 0 Å². The van der Waals surface area contributed by atoms with Crippen molar-refractivity contribution in [2.45, 2.75) is 0 Å². The first-order valence-corrected chi connectivity index (χ1v) is 19.3. The van der Waals surface area contributed by atoms with Crippen molar-refractivity contribution in [1.82, 2.24) is 9.13 Å². The van der Waals surface area contributed by atoms with Gasteiger partial charge in [0.2, 0.25) is 0 Å². The lowest BCUT2D eigenvalue weighted by Gasteiger charge is -2.20. The van der Waals surface area contributed by atoms with Crippen molar-refractivity contribution in [3.63, 3.8) is 0 Å². The second kappa shape index (κ2) is 12.9.